The summed E-state index contributed by atoms with van der Waals surface area (Å²) in [5, 5.41) is 6.10. The first-order valence-corrected chi connectivity index (χ1v) is 17.6. The number of rotatable bonds is 12. The van der Waals surface area contributed by atoms with Gasteiger partial charge in [0.2, 0.25) is 17.7 Å². The summed E-state index contributed by atoms with van der Waals surface area (Å²) in [7, 11) is 3.06. The van der Waals surface area contributed by atoms with Crippen LogP contribution in [0.5, 0.6) is 11.8 Å². The zero-order valence-electron chi connectivity index (χ0n) is 27.8. The number of hydrogen-bond donors (Lipinski definition) is 3. The zero-order chi connectivity index (χ0) is 34.6. The Hall–Kier alpha value is -3.26. The van der Waals surface area contributed by atoms with E-state index < -0.39 is 32.9 Å². The number of amides is 1. The van der Waals surface area contributed by atoms with Gasteiger partial charge in [0.05, 0.1) is 54.8 Å². The number of ether oxygens (including phenoxy) is 2. The summed E-state index contributed by atoms with van der Waals surface area (Å²) in [5.74, 6) is 0.636. The summed E-state index contributed by atoms with van der Waals surface area (Å²) in [6.45, 7) is 8.51. The number of allylic oxidation sites excluding steroid dienone is 4. The lowest BCUT2D eigenvalue weighted by molar-refractivity contribution is -0.119. The van der Waals surface area contributed by atoms with E-state index in [9.17, 15) is 9.35 Å². The molecule has 48 heavy (non-hydrogen) atoms. The van der Waals surface area contributed by atoms with Crippen molar-refractivity contribution >= 4 is 46.0 Å². The molecule has 3 N–H and O–H groups in total. The number of halogens is 2. The first kappa shape index (κ1) is 36.0. The van der Waals surface area contributed by atoms with E-state index in [-0.39, 0.29) is 17.8 Å². The van der Waals surface area contributed by atoms with E-state index in [0.29, 0.717) is 53.2 Å². The van der Waals surface area contributed by atoms with Crippen LogP contribution in [-0.4, -0.2) is 67.3 Å². The normalized spacial score (nSPS) is 22.2. The molecule has 1 aromatic carbocycles. The van der Waals surface area contributed by atoms with Gasteiger partial charge in [-0.1, -0.05) is 48.0 Å². The molecule has 1 amide bonds. The Morgan fingerprint density at radius 2 is 1.81 bits per heavy atom. The van der Waals surface area contributed by atoms with Crippen molar-refractivity contribution in [3.8, 4) is 11.8 Å². The smallest absolute Gasteiger partial charge is 0.237 e. The molecule has 5 atom stereocenters. The molecule has 11 nitrogen and oxygen atoms in total. The van der Waals surface area contributed by atoms with Gasteiger partial charge in [-0.3, -0.25) is 14.8 Å². The SMILES string of the molecule is COc1nc(C2(c3cnc(C(C)N[S@+]([O-])C(C)(C)C)c(OC)n3)C=CC=C(c3ccccc3Cl)C2Cl)cnc1CNC[C@@H]1CCC(=O)N1. The maximum atomic E-state index is 12.9. The van der Waals surface area contributed by atoms with Crippen molar-refractivity contribution in [2.45, 2.75) is 74.7 Å². The van der Waals surface area contributed by atoms with Gasteiger partial charge in [-0.15, -0.1) is 16.3 Å². The molecule has 0 spiro atoms. The lowest BCUT2D eigenvalue weighted by atomic mass is 9.71. The van der Waals surface area contributed by atoms with E-state index >= 15 is 0 Å². The highest BCUT2D eigenvalue weighted by atomic mass is 35.5. The maximum absolute atomic E-state index is 12.9. The molecule has 1 saturated heterocycles. The average molecular weight is 715 g/mol. The molecular formula is C34H41Cl2N7O4S. The highest BCUT2D eigenvalue weighted by Crippen LogP contribution is 2.48. The number of benzene rings is 1. The first-order chi connectivity index (χ1) is 22.9. The molecule has 2 aliphatic rings. The highest BCUT2D eigenvalue weighted by molar-refractivity contribution is 7.90. The van der Waals surface area contributed by atoms with Crippen molar-refractivity contribution in [3.63, 3.8) is 0 Å². The number of alkyl halides is 1. The van der Waals surface area contributed by atoms with Crippen LogP contribution >= 0.6 is 23.2 Å². The number of carbonyl (C=O) groups excluding carboxylic acids is 1. The Morgan fingerprint density at radius 1 is 1.12 bits per heavy atom. The Labute approximate surface area is 294 Å². The van der Waals surface area contributed by atoms with Crippen LogP contribution < -0.4 is 24.8 Å². The minimum Gasteiger partial charge on any atom is -0.598 e. The molecule has 1 aliphatic carbocycles. The van der Waals surface area contributed by atoms with Crippen molar-refractivity contribution in [1.29, 1.82) is 0 Å². The summed E-state index contributed by atoms with van der Waals surface area (Å²) in [6.07, 6.45) is 10.4. The summed E-state index contributed by atoms with van der Waals surface area (Å²) < 4.78 is 27.0. The zero-order valence-corrected chi connectivity index (χ0v) is 30.2. The summed E-state index contributed by atoms with van der Waals surface area (Å²) in [4.78, 5) is 31.1. The van der Waals surface area contributed by atoms with Gasteiger partial charge in [0, 0.05) is 41.9 Å². The Balaban J connectivity index is 1.56. The molecule has 1 fully saturated rings. The second-order valence-electron chi connectivity index (χ2n) is 12.7. The van der Waals surface area contributed by atoms with Crippen molar-refractivity contribution in [2.75, 3.05) is 20.8 Å². The molecule has 5 rings (SSSR count). The molecule has 14 heteroatoms. The van der Waals surface area contributed by atoms with Crippen LogP contribution in [0.1, 0.15) is 74.9 Å². The third kappa shape index (κ3) is 7.49. The largest absolute Gasteiger partial charge is 0.598 e. The second kappa shape index (κ2) is 15.1. The molecule has 3 aromatic rings. The van der Waals surface area contributed by atoms with Crippen molar-refractivity contribution in [2.24, 2.45) is 0 Å². The van der Waals surface area contributed by atoms with Gasteiger partial charge in [0.15, 0.2) is 0 Å². The summed E-state index contributed by atoms with van der Waals surface area (Å²) in [5.41, 5.74) is 2.37. The molecule has 256 valence electrons. The molecule has 3 heterocycles. The molecule has 2 aromatic heterocycles. The predicted octanol–water partition coefficient (Wildman–Crippen LogP) is 4.97. The molecule has 3 unspecified atom stereocenters. The Kier molecular flexibility index (Phi) is 11.3. The summed E-state index contributed by atoms with van der Waals surface area (Å²) >= 11 is 12.8. The van der Waals surface area contributed by atoms with Crippen LogP contribution in [0.4, 0.5) is 0 Å². The lowest BCUT2D eigenvalue weighted by Crippen LogP contribution is -2.41. The molecule has 0 saturated carbocycles. The number of carbonyl (C=O) groups is 1. The first-order valence-electron chi connectivity index (χ1n) is 15.7. The number of nitrogens with one attached hydrogen (secondary N) is 3. The quantitative estimate of drug-likeness (QED) is 0.174. The van der Waals surface area contributed by atoms with Crippen LogP contribution in [0.2, 0.25) is 5.02 Å². The minimum atomic E-state index is -1.35. The second-order valence-corrected chi connectivity index (χ2v) is 15.5. The van der Waals surface area contributed by atoms with Crippen molar-refractivity contribution < 1.29 is 18.8 Å². The third-order valence-electron chi connectivity index (χ3n) is 8.32. The van der Waals surface area contributed by atoms with Gasteiger partial charge in [0.1, 0.15) is 16.1 Å². The van der Waals surface area contributed by atoms with E-state index in [0.717, 1.165) is 17.6 Å². The fraction of sp³-hybridized carbons (Fsp3) is 0.441. The van der Waals surface area contributed by atoms with E-state index in [2.05, 4.69) is 15.4 Å². The Morgan fingerprint density at radius 3 is 2.46 bits per heavy atom. The topological polar surface area (TPSA) is 146 Å². The fourth-order valence-electron chi connectivity index (χ4n) is 5.70. The predicted molar refractivity (Wildman–Crippen MR) is 188 cm³/mol. The van der Waals surface area contributed by atoms with Crippen LogP contribution in [0.15, 0.2) is 54.9 Å². The van der Waals surface area contributed by atoms with Gasteiger partial charge in [-0.2, -0.15) is 0 Å². The standard InChI is InChI=1S/C34H41Cl2N7O4S/c1-20(43-48(45)33(2,3)4)29-32(47-6)42-27(19-39-29)34(15-9-11-23(30(34)36)22-10-7-8-12-24(22)35)26-18-38-25(31(41-26)46-5)17-37-16-21-13-14-28(44)40-21/h7-12,15,18-21,30,37,43H,13-14,16-17H2,1-6H3,(H,40,44)/t20?,21-,30?,34?,48+/m0/s1. The van der Waals surface area contributed by atoms with Gasteiger partial charge >= 0.3 is 0 Å². The lowest BCUT2D eigenvalue weighted by Gasteiger charge is -2.38. The van der Waals surface area contributed by atoms with Crippen LogP contribution in [0.25, 0.3) is 5.57 Å². The minimum absolute atomic E-state index is 0.0635. The molecule has 0 bridgehead atoms. The van der Waals surface area contributed by atoms with Gasteiger partial charge < -0.3 is 24.7 Å². The van der Waals surface area contributed by atoms with Crippen molar-refractivity contribution in [3.05, 3.63) is 88.2 Å². The van der Waals surface area contributed by atoms with Gasteiger partial charge in [0.25, 0.3) is 0 Å². The number of nitrogens with zero attached hydrogens (tertiary/aromatic N) is 4. The Bertz CT molecular complexity index is 1700. The van der Waals surface area contributed by atoms with Crippen LogP contribution in [0.3, 0.4) is 0 Å². The molecule has 0 radical (unpaired) electrons. The average Bonchev–Trinajstić information content (AvgIpc) is 3.49. The van der Waals surface area contributed by atoms with Gasteiger partial charge in [-0.05, 0) is 51.3 Å². The van der Waals surface area contributed by atoms with Crippen LogP contribution in [-0.2, 0) is 28.1 Å². The van der Waals surface area contributed by atoms with Gasteiger partial charge in [-0.25, -0.2) is 9.97 Å². The van der Waals surface area contributed by atoms with E-state index in [1.54, 1.807) is 19.5 Å². The number of methoxy groups -OCH3 is 2. The molecule has 1 aliphatic heterocycles. The van der Waals surface area contributed by atoms with Crippen LogP contribution in [0, 0.1) is 0 Å². The van der Waals surface area contributed by atoms with E-state index in [1.807, 2.05) is 70.2 Å². The van der Waals surface area contributed by atoms with E-state index in [4.69, 9.17) is 52.6 Å². The monoisotopic (exact) mass is 713 g/mol. The fourth-order valence-corrected chi connectivity index (χ4v) is 7.22. The highest BCUT2D eigenvalue weighted by Gasteiger charge is 2.47. The molecular weight excluding hydrogens is 673 g/mol. The number of hydrogen-bond acceptors (Lipinski definition) is 10. The number of aromatic nitrogens is 4. The summed E-state index contributed by atoms with van der Waals surface area (Å²) in [6, 6.07) is 7.13. The maximum Gasteiger partial charge on any atom is 0.237 e. The third-order valence-corrected chi connectivity index (χ3v) is 10.9. The van der Waals surface area contributed by atoms with Crippen molar-refractivity contribution in [1.82, 2.24) is 35.3 Å². The van der Waals surface area contributed by atoms with E-state index in [1.165, 1.54) is 7.11 Å².